The van der Waals surface area contributed by atoms with Crippen LogP contribution in [0.5, 0.6) is 0 Å². The second-order valence-electron chi connectivity index (χ2n) is 11.0. The molecule has 2 saturated heterocycles. The molecule has 0 aromatic rings. The van der Waals surface area contributed by atoms with E-state index in [9.17, 15) is 8.42 Å². The fourth-order valence-electron chi connectivity index (χ4n) is 7.02. The number of hydrazine groups is 1. The minimum absolute atomic E-state index is 0.0175. The lowest BCUT2D eigenvalue weighted by Crippen LogP contribution is -2.62. The number of nitrogens with one attached hydrogen (secondary N) is 4. The third-order valence-corrected chi connectivity index (χ3v) is 10.8. The van der Waals surface area contributed by atoms with Crippen LogP contribution in [0.4, 0.5) is 0 Å². The molecule has 2 heterocycles. The molecule has 0 bridgehead atoms. The number of fused-ring (bicyclic) bond motifs is 1. The number of nitrogens with two attached hydrogens (primary N) is 1. The first-order valence-corrected chi connectivity index (χ1v) is 14.5. The van der Waals surface area contributed by atoms with Crippen LogP contribution in [0.1, 0.15) is 45.4 Å². The van der Waals surface area contributed by atoms with Gasteiger partial charge in [-0.1, -0.05) is 6.92 Å². The fourth-order valence-corrected chi connectivity index (χ4v) is 8.45. The number of methoxy groups -OCH3 is 2. The average molecular weight is 503 g/mol. The van der Waals surface area contributed by atoms with Crippen LogP contribution in [0.25, 0.3) is 0 Å². The summed E-state index contributed by atoms with van der Waals surface area (Å²) in [5.41, 5.74) is 9.33. The van der Waals surface area contributed by atoms with E-state index in [2.05, 4.69) is 27.7 Å². The molecule has 6 N–H and O–H groups in total. The summed E-state index contributed by atoms with van der Waals surface area (Å²) in [5.74, 6) is 1.60. The number of ether oxygens (including phenoxy) is 2. The predicted molar refractivity (Wildman–Crippen MR) is 132 cm³/mol. The molecular weight excluding hydrogens is 456 g/mol. The Labute approximate surface area is 205 Å². The first-order chi connectivity index (χ1) is 16.2. The van der Waals surface area contributed by atoms with Crippen molar-refractivity contribution in [3.05, 3.63) is 0 Å². The van der Waals surface area contributed by atoms with E-state index in [1.54, 1.807) is 7.11 Å². The monoisotopic (exact) mass is 502 g/mol. The fraction of sp³-hybridized carbons (Fsp3) is 1.00. The van der Waals surface area contributed by atoms with Crippen molar-refractivity contribution < 1.29 is 17.9 Å². The molecule has 0 amide bonds. The van der Waals surface area contributed by atoms with Gasteiger partial charge in [-0.2, -0.15) is 0 Å². The molecule has 10 nitrogen and oxygen atoms in total. The summed E-state index contributed by atoms with van der Waals surface area (Å²) >= 11 is 0. The van der Waals surface area contributed by atoms with Gasteiger partial charge in [0, 0.05) is 46.9 Å². The molecule has 0 aromatic carbocycles. The van der Waals surface area contributed by atoms with Crippen molar-refractivity contribution in [2.45, 2.75) is 80.7 Å². The zero-order chi connectivity index (χ0) is 24.5. The molecule has 7 unspecified atom stereocenters. The molecule has 11 heteroatoms. The number of sulfonamides is 1. The molecule has 2 aliphatic carbocycles. The van der Waals surface area contributed by atoms with Crippen LogP contribution in [-0.4, -0.2) is 96.1 Å². The Hall–Kier alpha value is -0.370. The highest BCUT2D eigenvalue weighted by molar-refractivity contribution is 7.90. The normalized spacial score (nSPS) is 42.2. The van der Waals surface area contributed by atoms with E-state index in [-0.39, 0.29) is 36.5 Å². The van der Waals surface area contributed by atoms with Crippen LogP contribution in [0, 0.1) is 17.8 Å². The van der Waals surface area contributed by atoms with E-state index in [4.69, 9.17) is 15.2 Å². The lowest BCUT2D eigenvalue weighted by Gasteiger charge is -2.52. The highest BCUT2D eigenvalue weighted by Gasteiger charge is 2.50. The molecule has 0 radical (unpaired) electrons. The summed E-state index contributed by atoms with van der Waals surface area (Å²) < 4.78 is 41.6. The summed E-state index contributed by atoms with van der Waals surface area (Å²) in [5, 5.41) is 8.30. The first-order valence-electron chi connectivity index (χ1n) is 12.9. The number of hydrogen-bond donors (Lipinski definition) is 5. The van der Waals surface area contributed by atoms with E-state index < -0.39 is 15.3 Å². The molecule has 4 fully saturated rings. The van der Waals surface area contributed by atoms with E-state index in [0.29, 0.717) is 24.3 Å². The minimum Gasteiger partial charge on any atom is -0.380 e. The lowest BCUT2D eigenvalue weighted by atomic mass is 9.62. The summed E-state index contributed by atoms with van der Waals surface area (Å²) in [7, 11) is 1.83. The van der Waals surface area contributed by atoms with Gasteiger partial charge in [-0.25, -0.2) is 18.1 Å². The Morgan fingerprint density at radius 1 is 1.24 bits per heavy atom. The summed E-state index contributed by atoms with van der Waals surface area (Å²) in [4.78, 5) is 0. The topological polar surface area (TPSA) is 130 Å². The van der Waals surface area contributed by atoms with Gasteiger partial charge in [-0.3, -0.25) is 5.43 Å². The largest absolute Gasteiger partial charge is 0.380 e. The maximum atomic E-state index is 13.5. The van der Waals surface area contributed by atoms with Crippen LogP contribution < -0.4 is 26.5 Å². The number of hydrogen-bond acceptors (Lipinski definition) is 9. The number of rotatable bonds is 10. The van der Waals surface area contributed by atoms with Crippen molar-refractivity contribution in [2.24, 2.45) is 23.5 Å². The van der Waals surface area contributed by atoms with Crippen LogP contribution in [-0.2, 0) is 19.5 Å². The molecule has 0 spiro atoms. The Morgan fingerprint density at radius 2 is 2.00 bits per heavy atom. The second-order valence-corrected chi connectivity index (χ2v) is 13.0. The highest BCUT2D eigenvalue weighted by atomic mass is 32.2. The summed E-state index contributed by atoms with van der Waals surface area (Å²) in [6.07, 6.45) is 6.01. The quantitative estimate of drug-likeness (QED) is 0.270. The number of nitrogens with zero attached hydrogens (tertiary/aromatic N) is 1. The van der Waals surface area contributed by atoms with Gasteiger partial charge in [0.2, 0.25) is 10.0 Å². The molecular formula is C23H46N6O4S. The Bertz CT molecular complexity index is 779. The molecule has 4 aliphatic rings. The van der Waals surface area contributed by atoms with Gasteiger partial charge in [-0.15, -0.1) is 0 Å². The van der Waals surface area contributed by atoms with E-state index in [1.807, 2.05) is 19.2 Å². The smallest absolute Gasteiger partial charge is 0.217 e. The Balaban J connectivity index is 1.36. The van der Waals surface area contributed by atoms with Crippen molar-refractivity contribution in [2.75, 3.05) is 47.4 Å². The van der Waals surface area contributed by atoms with Crippen LogP contribution in [0.2, 0.25) is 0 Å². The highest BCUT2D eigenvalue weighted by Crippen LogP contribution is 2.48. The number of likely N-dealkylation sites (N-methyl/N-ethyl adjacent to an activating group) is 1. The third kappa shape index (κ3) is 5.33. The minimum atomic E-state index is -3.65. The summed E-state index contributed by atoms with van der Waals surface area (Å²) in [6.45, 7) is 4.41. The molecule has 0 aromatic heterocycles. The van der Waals surface area contributed by atoms with Crippen molar-refractivity contribution in [3.63, 3.8) is 0 Å². The van der Waals surface area contributed by atoms with Crippen molar-refractivity contribution in [1.82, 2.24) is 25.8 Å². The van der Waals surface area contributed by atoms with Crippen molar-refractivity contribution in [1.29, 1.82) is 0 Å². The zero-order valence-electron chi connectivity index (χ0n) is 21.3. The van der Waals surface area contributed by atoms with Crippen molar-refractivity contribution in [3.8, 4) is 0 Å². The van der Waals surface area contributed by atoms with Gasteiger partial charge in [0.1, 0.15) is 5.25 Å². The van der Waals surface area contributed by atoms with Gasteiger partial charge < -0.3 is 25.8 Å². The van der Waals surface area contributed by atoms with Crippen LogP contribution >= 0.6 is 0 Å². The summed E-state index contributed by atoms with van der Waals surface area (Å²) in [6, 6.07) is -0.238. The maximum absolute atomic E-state index is 13.5. The van der Waals surface area contributed by atoms with Gasteiger partial charge in [-0.05, 0) is 62.8 Å². The van der Waals surface area contributed by atoms with E-state index in [0.717, 1.165) is 51.6 Å². The molecule has 198 valence electrons. The zero-order valence-corrected chi connectivity index (χ0v) is 22.1. The molecule has 7 atom stereocenters. The van der Waals surface area contributed by atoms with E-state index >= 15 is 0 Å². The Morgan fingerprint density at radius 3 is 2.65 bits per heavy atom. The van der Waals surface area contributed by atoms with Gasteiger partial charge in [0.05, 0.1) is 23.9 Å². The SMILES string of the molecule is COC1CCC2CNN(C)C2C1NS(=O)(=O)C(CN)CNC1CC(C2(OC)CC(C)C2)CCN1. The Kier molecular flexibility index (Phi) is 8.59. The van der Waals surface area contributed by atoms with Gasteiger partial charge >= 0.3 is 0 Å². The molecule has 4 rings (SSSR count). The first kappa shape index (κ1) is 26.7. The maximum Gasteiger partial charge on any atom is 0.217 e. The average Bonchev–Trinajstić information content (AvgIpc) is 3.18. The van der Waals surface area contributed by atoms with Crippen LogP contribution in [0.15, 0.2) is 0 Å². The predicted octanol–water partition coefficient (Wildman–Crippen LogP) is -0.424. The van der Waals surface area contributed by atoms with Crippen molar-refractivity contribution >= 4 is 10.0 Å². The second kappa shape index (κ2) is 10.9. The third-order valence-electron chi connectivity index (χ3n) is 8.96. The standard InChI is InChI=1S/C23H46N6O4S/c1-15-10-23(11-15,33-4)17-7-8-25-20(9-17)26-14-18(12-24)34(30,31)28-21-19(32-3)6-5-16-13-27-29(2)22(16)21/h15-22,25-28H,5-14,24H2,1-4H3. The molecule has 2 saturated carbocycles. The molecule has 2 aliphatic heterocycles. The molecule has 34 heavy (non-hydrogen) atoms. The number of piperidine rings is 1. The van der Waals surface area contributed by atoms with Gasteiger partial charge in [0.15, 0.2) is 0 Å². The van der Waals surface area contributed by atoms with E-state index in [1.165, 1.54) is 0 Å². The van der Waals surface area contributed by atoms with Gasteiger partial charge in [0.25, 0.3) is 0 Å². The van der Waals surface area contributed by atoms with Crippen LogP contribution in [0.3, 0.4) is 0 Å². The lowest BCUT2D eigenvalue weighted by molar-refractivity contribution is -0.150.